The van der Waals surface area contributed by atoms with Crippen LogP contribution in [0, 0.1) is 0 Å². The smallest absolute Gasteiger partial charge is 0.241 e. The topological polar surface area (TPSA) is 43.9 Å². The predicted octanol–water partition coefficient (Wildman–Crippen LogP) is 1.59. The number of benzene rings is 1. The highest BCUT2D eigenvalue weighted by molar-refractivity contribution is 5.95. The predicted molar refractivity (Wildman–Crippen MR) is 87.8 cm³/mol. The molecule has 0 radical (unpaired) electrons. The van der Waals surface area contributed by atoms with Gasteiger partial charge in [-0.1, -0.05) is 18.2 Å². The molecule has 120 valence electrons. The number of carbonyl (C=O) groups excluding carboxylic acids is 2. The van der Waals surface area contributed by atoms with E-state index in [2.05, 4.69) is 0 Å². The molecule has 0 aromatic heterocycles. The third-order valence-electron chi connectivity index (χ3n) is 4.11. The fourth-order valence-electron chi connectivity index (χ4n) is 2.96. The summed E-state index contributed by atoms with van der Waals surface area (Å²) in [5.41, 5.74) is 0.907. The molecular weight excluding hydrogens is 278 g/mol. The van der Waals surface area contributed by atoms with Crippen LogP contribution in [0.25, 0.3) is 0 Å². The van der Waals surface area contributed by atoms with Crippen LogP contribution in [-0.4, -0.2) is 61.4 Å². The monoisotopic (exact) mass is 303 g/mol. The molecule has 1 aromatic carbocycles. The van der Waals surface area contributed by atoms with E-state index in [-0.39, 0.29) is 17.9 Å². The van der Waals surface area contributed by atoms with Crippen molar-refractivity contribution in [3.8, 4) is 0 Å². The van der Waals surface area contributed by atoms with Crippen molar-refractivity contribution in [3.05, 3.63) is 30.3 Å². The van der Waals surface area contributed by atoms with Crippen molar-refractivity contribution in [2.75, 3.05) is 38.6 Å². The quantitative estimate of drug-likeness (QED) is 0.830. The van der Waals surface area contributed by atoms with E-state index in [1.165, 1.54) is 0 Å². The maximum Gasteiger partial charge on any atom is 0.241 e. The summed E-state index contributed by atoms with van der Waals surface area (Å²) in [6, 6.07) is 9.52. The van der Waals surface area contributed by atoms with E-state index in [0.29, 0.717) is 13.1 Å². The van der Waals surface area contributed by atoms with Crippen LogP contribution < -0.4 is 4.90 Å². The number of anilines is 1. The fraction of sp³-hybridized carbons (Fsp3) is 0.529. The van der Waals surface area contributed by atoms with Gasteiger partial charge in [-0.25, -0.2) is 0 Å². The lowest BCUT2D eigenvalue weighted by Crippen LogP contribution is -2.47. The van der Waals surface area contributed by atoms with E-state index in [9.17, 15) is 9.59 Å². The molecule has 1 heterocycles. The minimum atomic E-state index is -0.159. The number of nitrogens with zero attached hydrogens (tertiary/aromatic N) is 3. The Morgan fingerprint density at radius 3 is 2.50 bits per heavy atom. The largest absolute Gasteiger partial charge is 0.347 e. The summed E-state index contributed by atoms with van der Waals surface area (Å²) in [4.78, 5) is 30.2. The van der Waals surface area contributed by atoms with Crippen LogP contribution in [-0.2, 0) is 9.59 Å². The molecule has 1 atom stereocenters. The minimum Gasteiger partial charge on any atom is -0.347 e. The first kappa shape index (κ1) is 16.5. The Hall–Kier alpha value is -1.88. The van der Waals surface area contributed by atoms with Gasteiger partial charge in [-0.05, 0) is 38.4 Å². The molecule has 0 saturated carbocycles. The lowest BCUT2D eigenvalue weighted by molar-refractivity contribution is -0.134. The molecule has 0 aliphatic carbocycles. The molecule has 1 unspecified atom stereocenters. The first-order valence-corrected chi connectivity index (χ1v) is 7.85. The number of hydrogen-bond acceptors (Lipinski definition) is 3. The zero-order valence-corrected chi connectivity index (χ0v) is 13.7. The molecule has 2 amide bonds. The molecule has 0 N–H and O–H groups in total. The molecule has 1 saturated heterocycles. The van der Waals surface area contributed by atoms with Crippen molar-refractivity contribution in [1.82, 2.24) is 9.80 Å². The number of para-hydroxylation sites is 1. The molecule has 22 heavy (non-hydrogen) atoms. The average Bonchev–Trinajstić information content (AvgIpc) is 2.96. The van der Waals surface area contributed by atoms with E-state index in [1.807, 2.05) is 42.2 Å². The van der Waals surface area contributed by atoms with E-state index >= 15 is 0 Å². The SMILES string of the molecule is CCN(C(=O)CN1CCCC1C(=O)N(C)C)c1ccccc1. The summed E-state index contributed by atoms with van der Waals surface area (Å²) >= 11 is 0. The Morgan fingerprint density at radius 1 is 1.23 bits per heavy atom. The molecule has 0 bridgehead atoms. The van der Waals surface area contributed by atoms with Gasteiger partial charge in [0.05, 0.1) is 12.6 Å². The fourth-order valence-corrected chi connectivity index (χ4v) is 2.96. The number of carbonyl (C=O) groups is 2. The summed E-state index contributed by atoms with van der Waals surface area (Å²) in [5, 5.41) is 0. The molecule has 0 spiro atoms. The Labute approximate surface area is 132 Å². The standard InChI is InChI=1S/C17H25N3O2/c1-4-20(14-9-6-5-7-10-14)16(21)13-19-12-8-11-15(19)17(22)18(2)3/h5-7,9-10,15H,4,8,11-13H2,1-3H3. The highest BCUT2D eigenvalue weighted by Gasteiger charge is 2.33. The van der Waals surface area contributed by atoms with Crippen molar-refractivity contribution >= 4 is 17.5 Å². The van der Waals surface area contributed by atoms with E-state index in [1.54, 1.807) is 23.9 Å². The highest BCUT2D eigenvalue weighted by Crippen LogP contribution is 2.20. The highest BCUT2D eigenvalue weighted by atomic mass is 16.2. The second kappa shape index (κ2) is 7.40. The molecule has 1 aliphatic rings. The number of rotatable bonds is 5. The van der Waals surface area contributed by atoms with E-state index in [0.717, 1.165) is 25.1 Å². The molecule has 5 nitrogen and oxygen atoms in total. The van der Waals surface area contributed by atoms with E-state index < -0.39 is 0 Å². The first-order chi connectivity index (χ1) is 10.5. The zero-order chi connectivity index (χ0) is 16.1. The van der Waals surface area contributed by atoms with Gasteiger partial charge in [-0.3, -0.25) is 14.5 Å². The third kappa shape index (κ3) is 3.65. The van der Waals surface area contributed by atoms with Crippen LogP contribution in [0.1, 0.15) is 19.8 Å². The maximum absolute atomic E-state index is 12.6. The Kier molecular flexibility index (Phi) is 5.55. The van der Waals surface area contributed by atoms with Gasteiger partial charge in [-0.2, -0.15) is 0 Å². The second-order valence-electron chi connectivity index (χ2n) is 5.83. The van der Waals surface area contributed by atoms with Crippen LogP contribution in [0.5, 0.6) is 0 Å². The average molecular weight is 303 g/mol. The first-order valence-electron chi connectivity index (χ1n) is 7.85. The zero-order valence-electron chi connectivity index (χ0n) is 13.7. The molecule has 5 heteroatoms. The normalized spacial score (nSPS) is 18.2. The molecule has 2 rings (SSSR count). The van der Waals surface area contributed by atoms with Crippen LogP contribution in [0.15, 0.2) is 30.3 Å². The van der Waals surface area contributed by atoms with Gasteiger partial charge in [0, 0.05) is 26.3 Å². The number of likely N-dealkylation sites (tertiary alicyclic amines) is 1. The number of likely N-dealkylation sites (N-methyl/N-ethyl adjacent to an activating group) is 2. The number of hydrogen-bond donors (Lipinski definition) is 0. The molecular formula is C17H25N3O2. The van der Waals surface area contributed by atoms with Gasteiger partial charge >= 0.3 is 0 Å². The van der Waals surface area contributed by atoms with Crippen molar-refractivity contribution in [2.24, 2.45) is 0 Å². The van der Waals surface area contributed by atoms with Gasteiger partial charge in [0.2, 0.25) is 11.8 Å². The molecule has 1 fully saturated rings. The van der Waals surface area contributed by atoms with Gasteiger partial charge in [0.15, 0.2) is 0 Å². The lowest BCUT2D eigenvalue weighted by atomic mass is 10.2. The van der Waals surface area contributed by atoms with Crippen LogP contribution in [0.2, 0.25) is 0 Å². The Balaban J connectivity index is 2.05. The third-order valence-corrected chi connectivity index (χ3v) is 4.11. The summed E-state index contributed by atoms with van der Waals surface area (Å²) in [7, 11) is 3.53. The van der Waals surface area contributed by atoms with Crippen molar-refractivity contribution in [2.45, 2.75) is 25.8 Å². The van der Waals surface area contributed by atoms with Crippen molar-refractivity contribution < 1.29 is 9.59 Å². The van der Waals surface area contributed by atoms with Crippen LogP contribution >= 0.6 is 0 Å². The molecule has 1 aliphatic heterocycles. The van der Waals surface area contributed by atoms with Crippen molar-refractivity contribution in [1.29, 1.82) is 0 Å². The molecule has 1 aromatic rings. The summed E-state index contributed by atoms with van der Waals surface area (Å²) in [6.45, 7) is 3.70. The summed E-state index contributed by atoms with van der Waals surface area (Å²) < 4.78 is 0. The van der Waals surface area contributed by atoms with Crippen LogP contribution in [0.3, 0.4) is 0 Å². The Bertz CT molecular complexity index is 516. The van der Waals surface area contributed by atoms with Crippen LogP contribution in [0.4, 0.5) is 5.69 Å². The second-order valence-corrected chi connectivity index (χ2v) is 5.83. The van der Waals surface area contributed by atoms with Gasteiger partial charge in [0.1, 0.15) is 0 Å². The van der Waals surface area contributed by atoms with Crippen molar-refractivity contribution in [3.63, 3.8) is 0 Å². The van der Waals surface area contributed by atoms with Gasteiger partial charge in [-0.15, -0.1) is 0 Å². The number of amides is 2. The lowest BCUT2D eigenvalue weighted by Gasteiger charge is -2.28. The Morgan fingerprint density at radius 2 is 1.91 bits per heavy atom. The van der Waals surface area contributed by atoms with E-state index in [4.69, 9.17) is 0 Å². The summed E-state index contributed by atoms with van der Waals surface area (Å²) in [6.07, 6.45) is 1.80. The van der Waals surface area contributed by atoms with Gasteiger partial charge < -0.3 is 9.80 Å². The maximum atomic E-state index is 12.6. The van der Waals surface area contributed by atoms with Gasteiger partial charge in [0.25, 0.3) is 0 Å². The summed E-state index contributed by atoms with van der Waals surface area (Å²) in [5.74, 6) is 0.139. The minimum absolute atomic E-state index is 0.0483.